The number of nitrogens with one attached hydrogen (secondary N) is 1. The quantitative estimate of drug-likeness (QED) is 0.670. The Morgan fingerprint density at radius 3 is 2.39 bits per heavy atom. The van der Waals surface area contributed by atoms with E-state index in [-0.39, 0.29) is 12.1 Å². The Labute approximate surface area is 107 Å². The van der Waals surface area contributed by atoms with Gasteiger partial charge in [-0.2, -0.15) is 0 Å². The summed E-state index contributed by atoms with van der Waals surface area (Å²) in [5.41, 5.74) is -0.193. The van der Waals surface area contributed by atoms with Gasteiger partial charge in [0, 0.05) is 18.2 Å². The largest absolute Gasteiger partial charge is 0.468 e. The molecule has 0 radical (unpaired) electrons. The van der Waals surface area contributed by atoms with Gasteiger partial charge in [0.05, 0.1) is 7.11 Å². The van der Waals surface area contributed by atoms with E-state index in [1.807, 2.05) is 0 Å². The molecule has 0 saturated carbocycles. The first-order valence-corrected chi connectivity index (χ1v) is 5.34. The van der Waals surface area contributed by atoms with Crippen molar-refractivity contribution in [1.29, 1.82) is 0 Å². The van der Waals surface area contributed by atoms with Gasteiger partial charge in [0.25, 0.3) is 5.91 Å². The zero-order chi connectivity index (χ0) is 13.7. The molecule has 98 valence electrons. The Bertz CT molecular complexity index is 447. The minimum atomic E-state index is -1.06. The SMILES string of the molecule is COC(=O)C(Cl)CNC(=O)c1cc(F)cc(F)c1. The highest BCUT2D eigenvalue weighted by molar-refractivity contribution is 6.30. The maximum absolute atomic E-state index is 12.8. The molecule has 0 fully saturated rings. The normalized spacial score (nSPS) is 11.8. The molecular formula is C11H10ClF2NO3. The fraction of sp³-hybridized carbons (Fsp3) is 0.273. The van der Waals surface area contributed by atoms with Crippen molar-refractivity contribution in [3.63, 3.8) is 0 Å². The molecule has 0 saturated heterocycles. The van der Waals surface area contributed by atoms with Crippen LogP contribution in [0.3, 0.4) is 0 Å². The van der Waals surface area contributed by atoms with Gasteiger partial charge in [0.2, 0.25) is 0 Å². The van der Waals surface area contributed by atoms with E-state index in [4.69, 9.17) is 11.6 Å². The molecule has 1 aromatic carbocycles. The maximum atomic E-state index is 12.8. The molecule has 7 heteroatoms. The number of amides is 1. The van der Waals surface area contributed by atoms with Crippen molar-refractivity contribution in [1.82, 2.24) is 5.32 Å². The first-order valence-electron chi connectivity index (χ1n) is 4.90. The number of hydrogen-bond donors (Lipinski definition) is 1. The zero-order valence-electron chi connectivity index (χ0n) is 9.38. The van der Waals surface area contributed by atoms with E-state index < -0.39 is 28.9 Å². The molecule has 4 nitrogen and oxygen atoms in total. The van der Waals surface area contributed by atoms with Crippen molar-refractivity contribution in [3.8, 4) is 0 Å². The monoisotopic (exact) mass is 277 g/mol. The molecule has 1 rings (SSSR count). The van der Waals surface area contributed by atoms with Crippen LogP contribution in [0.25, 0.3) is 0 Å². The summed E-state index contributed by atoms with van der Waals surface area (Å²) in [5.74, 6) is -3.17. The lowest BCUT2D eigenvalue weighted by atomic mass is 10.2. The predicted octanol–water partition coefficient (Wildman–Crippen LogP) is 1.47. The summed E-state index contributed by atoms with van der Waals surface area (Å²) >= 11 is 5.59. The van der Waals surface area contributed by atoms with Crippen LogP contribution in [0.15, 0.2) is 18.2 Å². The Hall–Kier alpha value is -1.69. The minimum Gasteiger partial charge on any atom is -0.468 e. The molecule has 0 aromatic heterocycles. The molecular weight excluding hydrogens is 268 g/mol. The van der Waals surface area contributed by atoms with Crippen LogP contribution in [-0.4, -0.2) is 30.9 Å². The second kappa shape index (κ2) is 6.30. The molecule has 1 atom stereocenters. The van der Waals surface area contributed by atoms with E-state index in [1.165, 1.54) is 0 Å². The third-order valence-electron chi connectivity index (χ3n) is 2.02. The number of esters is 1. The average Bonchev–Trinajstić information content (AvgIpc) is 2.33. The van der Waals surface area contributed by atoms with Crippen molar-refractivity contribution in [2.75, 3.05) is 13.7 Å². The van der Waals surface area contributed by atoms with E-state index in [9.17, 15) is 18.4 Å². The second-order valence-electron chi connectivity index (χ2n) is 3.36. The number of ether oxygens (including phenoxy) is 1. The summed E-state index contributed by atoms with van der Waals surface area (Å²) < 4.78 is 30.0. The van der Waals surface area contributed by atoms with E-state index in [1.54, 1.807) is 0 Å². The summed E-state index contributed by atoms with van der Waals surface area (Å²) in [6.07, 6.45) is 0. The molecule has 0 aliphatic heterocycles. The molecule has 0 heterocycles. The molecule has 0 aliphatic rings. The summed E-state index contributed by atoms with van der Waals surface area (Å²) in [6.45, 7) is -0.203. The van der Waals surface area contributed by atoms with Crippen molar-refractivity contribution in [2.45, 2.75) is 5.38 Å². The van der Waals surface area contributed by atoms with E-state index >= 15 is 0 Å². The maximum Gasteiger partial charge on any atom is 0.325 e. The van der Waals surface area contributed by atoms with Gasteiger partial charge in [-0.3, -0.25) is 9.59 Å². The van der Waals surface area contributed by atoms with Crippen LogP contribution in [0.2, 0.25) is 0 Å². The van der Waals surface area contributed by atoms with Crippen LogP contribution in [0, 0.1) is 11.6 Å². The van der Waals surface area contributed by atoms with Crippen LogP contribution >= 0.6 is 11.6 Å². The van der Waals surface area contributed by atoms with Crippen molar-refractivity contribution < 1.29 is 23.1 Å². The lowest BCUT2D eigenvalue weighted by Gasteiger charge is -2.09. The predicted molar refractivity (Wildman–Crippen MR) is 60.3 cm³/mol. The van der Waals surface area contributed by atoms with Crippen LogP contribution < -0.4 is 5.32 Å². The Kier molecular flexibility index (Phi) is 5.03. The van der Waals surface area contributed by atoms with Crippen LogP contribution in [-0.2, 0) is 9.53 Å². The first kappa shape index (κ1) is 14.4. The molecule has 0 bridgehead atoms. The lowest BCUT2D eigenvalue weighted by Crippen LogP contribution is -2.34. The standard InChI is InChI=1S/C11H10ClF2NO3/c1-18-11(17)9(12)5-15-10(16)6-2-7(13)4-8(14)3-6/h2-4,9H,5H2,1H3,(H,15,16). The second-order valence-corrected chi connectivity index (χ2v) is 3.89. The van der Waals surface area contributed by atoms with Crippen molar-refractivity contribution >= 4 is 23.5 Å². The number of alkyl halides is 1. The smallest absolute Gasteiger partial charge is 0.325 e. The Balaban J connectivity index is 2.63. The Morgan fingerprint density at radius 1 is 1.33 bits per heavy atom. The minimum absolute atomic E-state index is 0.193. The number of rotatable bonds is 4. The molecule has 1 N–H and O–H groups in total. The molecule has 0 spiro atoms. The summed E-state index contributed by atoms with van der Waals surface area (Å²) in [7, 11) is 1.15. The number of halogens is 3. The van der Waals surface area contributed by atoms with Gasteiger partial charge in [-0.1, -0.05) is 0 Å². The third kappa shape index (κ3) is 3.96. The van der Waals surface area contributed by atoms with Gasteiger partial charge in [0.1, 0.15) is 17.0 Å². The average molecular weight is 278 g/mol. The highest BCUT2D eigenvalue weighted by atomic mass is 35.5. The van der Waals surface area contributed by atoms with Gasteiger partial charge in [0.15, 0.2) is 0 Å². The molecule has 1 unspecified atom stereocenters. The van der Waals surface area contributed by atoms with Crippen molar-refractivity contribution in [3.05, 3.63) is 35.4 Å². The number of hydrogen-bond acceptors (Lipinski definition) is 3. The number of benzene rings is 1. The van der Waals surface area contributed by atoms with Gasteiger partial charge in [-0.05, 0) is 12.1 Å². The van der Waals surface area contributed by atoms with Gasteiger partial charge in [-0.25, -0.2) is 8.78 Å². The molecule has 1 aromatic rings. The molecule has 1 amide bonds. The summed E-state index contributed by atoms with van der Waals surface area (Å²) in [5, 5.41) is 1.21. The van der Waals surface area contributed by atoms with Gasteiger partial charge >= 0.3 is 5.97 Å². The summed E-state index contributed by atoms with van der Waals surface area (Å²) in [4.78, 5) is 22.5. The topological polar surface area (TPSA) is 55.4 Å². The van der Waals surface area contributed by atoms with Crippen LogP contribution in [0.5, 0.6) is 0 Å². The molecule has 0 aliphatic carbocycles. The summed E-state index contributed by atoms with van der Waals surface area (Å²) in [6, 6.07) is 2.40. The highest BCUT2D eigenvalue weighted by Crippen LogP contribution is 2.08. The highest BCUT2D eigenvalue weighted by Gasteiger charge is 2.17. The van der Waals surface area contributed by atoms with Crippen molar-refractivity contribution in [2.24, 2.45) is 0 Å². The first-order chi connectivity index (χ1) is 8.43. The number of carbonyl (C=O) groups is 2. The number of carbonyl (C=O) groups excluding carboxylic acids is 2. The third-order valence-corrected chi connectivity index (χ3v) is 2.36. The molecule has 18 heavy (non-hydrogen) atoms. The van der Waals surface area contributed by atoms with Gasteiger partial charge < -0.3 is 10.1 Å². The zero-order valence-corrected chi connectivity index (χ0v) is 10.1. The van der Waals surface area contributed by atoms with Crippen LogP contribution in [0.4, 0.5) is 8.78 Å². The lowest BCUT2D eigenvalue weighted by molar-refractivity contribution is -0.140. The van der Waals surface area contributed by atoms with Gasteiger partial charge in [-0.15, -0.1) is 11.6 Å². The van der Waals surface area contributed by atoms with E-state index in [0.29, 0.717) is 6.07 Å². The fourth-order valence-corrected chi connectivity index (χ4v) is 1.35. The number of methoxy groups -OCH3 is 1. The fourth-order valence-electron chi connectivity index (χ4n) is 1.18. The van der Waals surface area contributed by atoms with E-state index in [2.05, 4.69) is 10.1 Å². The van der Waals surface area contributed by atoms with Crippen LogP contribution in [0.1, 0.15) is 10.4 Å². The van der Waals surface area contributed by atoms with E-state index in [0.717, 1.165) is 19.2 Å². The Morgan fingerprint density at radius 2 is 1.89 bits per heavy atom.